The summed E-state index contributed by atoms with van der Waals surface area (Å²) in [5.74, 6) is -0.521. The van der Waals surface area contributed by atoms with Crippen molar-refractivity contribution < 1.29 is 55.5 Å². The van der Waals surface area contributed by atoms with E-state index in [2.05, 4.69) is 24.0 Å². The van der Waals surface area contributed by atoms with Crippen LogP contribution in [-0.4, -0.2) is 41.6 Å². The molecule has 0 aromatic carbocycles. The van der Waals surface area contributed by atoms with Crippen molar-refractivity contribution in [2.45, 2.75) is 24.9 Å². The predicted octanol–water partition coefficient (Wildman–Crippen LogP) is 1.21. The van der Waals surface area contributed by atoms with E-state index in [-0.39, 0.29) is 16.6 Å². The predicted molar refractivity (Wildman–Crippen MR) is 96.8 cm³/mol. The van der Waals surface area contributed by atoms with Crippen LogP contribution in [0, 0.1) is 17.0 Å². The number of phosphoric ester groups is 1. The van der Waals surface area contributed by atoms with Gasteiger partial charge < -0.3 is 24.3 Å². The van der Waals surface area contributed by atoms with Crippen LogP contribution in [0.2, 0.25) is 0 Å². The van der Waals surface area contributed by atoms with Crippen LogP contribution >= 0.6 is 35.7 Å². The lowest BCUT2D eigenvalue weighted by Gasteiger charge is -2.23. The van der Waals surface area contributed by atoms with Gasteiger partial charge in [-0.3, -0.25) is 14.1 Å². The number of terminal acetylenes is 1. The average molecular weight is 510 g/mol. The lowest BCUT2D eigenvalue weighted by atomic mass is 10.2. The van der Waals surface area contributed by atoms with Crippen molar-refractivity contribution in [1.82, 2.24) is 9.55 Å². The highest BCUT2D eigenvalue weighted by Crippen LogP contribution is 2.66. The Balaban J connectivity index is 2.07. The minimum atomic E-state index is -5.74. The summed E-state index contributed by atoms with van der Waals surface area (Å²) in [6, 6.07) is 0. The first-order valence-corrected chi connectivity index (χ1v) is 12.4. The quantitative estimate of drug-likeness (QED) is 0.190. The summed E-state index contributed by atoms with van der Waals surface area (Å²) in [6.45, 7) is -1.31. The zero-order chi connectivity index (χ0) is 23.0. The topological polar surface area (TPSA) is 207 Å². The van der Waals surface area contributed by atoms with Gasteiger partial charge in [0, 0.05) is 12.6 Å². The second-order valence-corrected chi connectivity index (χ2v) is 10.5. The van der Waals surface area contributed by atoms with E-state index in [1.54, 1.807) is 0 Å². The number of phosphoric acid groups is 3. The van der Waals surface area contributed by atoms with Gasteiger partial charge in [0.2, 0.25) is 5.85 Å². The molecule has 14 nitrogen and oxygen atoms in total. The van der Waals surface area contributed by atoms with Crippen molar-refractivity contribution >= 4 is 35.7 Å². The standard InChI is InChI=1S/C11H14FN2O12P3S/c1-2-7-5-14(10(15)13-9(7)30)8-3-4-11(12,24-8)6-23-28(19,20)26-29(21,22)25-27(16,17)18/h1,5,8H,3-4,6H2,(H,19,20)(H,21,22)(H,13,15,30)(H2,16,17,18)/t8-,11+/m1/s1. The van der Waals surface area contributed by atoms with Gasteiger partial charge in [-0.15, -0.1) is 6.42 Å². The molecule has 30 heavy (non-hydrogen) atoms. The maximum atomic E-state index is 14.8. The third-order valence-electron chi connectivity index (χ3n) is 3.40. The minimum Gasteiger partial charge on any atom is -0.320 e. The molecule has 19 heteroatoms. The van der Waals surface area contributed by atoms with Crippen LogP contribution in [-0.2, 0) is 31.6 Å². The number of hydrogen-bond acceptors (Lipinski definition) is 9. The number of nitrogens with one attached hydrogen (secondary N) is 1. The van der Waals surface area contributed by atoms with E-state index >= 15 is 0 Å². The van der Waals surface area contributed by atoms with Crippen LogP contribution in [0.3, 0.4) is 0 Å². The maximum absolute atomic E-state index is 14.8. The Morgan fingerprint density at radius 2 is 1.97 bits per heavy atom. The fourth-order valence-electron chi connectivity index (χ4n) is 2.29. The van der Waals surface area contributed by atoms with Crippen molar-refractivity contribution in [1.29, 1.82) is 0 Å². The molecule has 0 aliphatic carbocycles. The molecular formula is C11H14FN2O12P3S. The smallest absolute Gasteiger partial charge is 0.320 e. The monoisotopic (exact) mass is 510 g/mol. The van der Waals surface area contributed by atoms with Crippen LogP contribution in [0.15, 0.2) is 11.0 Å². The number of halogens is 1. The van der Waals surface area contributed by atoms with E-state index in [9.17, 15) is 27.8 Å². The highest BCUT2D eigenvalue weighted by atomic mass is 32.1. The normalized spacial score (nSPS) is 25.9. The van der Waals surface area contributed by atoms with Gasteiger partial charge in [0.25, 0.3) is 0 Å². The molecule has 1 aromatic heterocycles. The highest BCUT2D eigenvalue weighted by Gasteiger charge is 2.46. The van der Waals surface area contributed by atoms with Gasteiger partial charge in [0.15, 0.2) is 0 Å². The highest BCUT2D eigenvalue weighted by molar-refractivity contribution is 7.71. The molecule has 2 unspecified atom stereocenters. The van der Waals surface area contributed by atoms with Crippen molar-refractivity contribution in [2.24, 2.45) is 0 Å². The fourth-order valence-corrected chi connectivity index (χ4v) is 5.54. The molecule has 5 N–H and O–H groups in total. The van der Waals surface area contributed by atoms with Crippen LogP contribution in [0.4, 0.5) is 4.39 Å². The molecule has 2 heterocycles. The Morgan fingerprint density at radius 3 is 2.53 bits per heavy atom. The van der Waals surface area contributed by atoms with Gasteiger partial charge in [-0.25, -0.2) is 22.9 Å². The minimum absolute atomic E-state index is 0.0177. The number of hydrogen-bond donors (Lipinski definition) is 5. The Kier molecular flexibility index (Phi) is 7.43. The van der Waals surface area contributed by atoms with Crippen molar-refractivity contribution in [3.8, 4) is 12.3 Å². The summed E-state index contributed by atoms with van der Waals surface area (Å²) >= 11 is 4.86. The number of ether oxygens (including phenoxy) is 1. The van der Waals surface area contributed by atoms with E-state index in [4.69, 9.17) is 38.1 Å². The van der Waals surface area contributed by atoms with Gasteiger partial charge in [0.05, 0.1) is 5.56 Å². The Bertz CT molecular complexity index is 1120. The molecule has 1 fully saturated rings. The van der Waals surface area contributed by atoms with Gasteiger partial charge in [-0.1, -0.05) is 18.1 Å². The van der Waals surface area contributed by atoms with E-state index in [1.807, 2.05) is 0 Å². The van der Waals surface area contributed by atoms with Crippen LogP contribution in [0.25, 0.3) is 0 Å². The van der Waals surface area contributed by atoms with Crippen LogP contribution < -0.4 is 5.69 Å². The molecule has 1 aliphatic rings. The summed E-state index contributed by atoms with van der Waals surface area (Å²) in [5, 5.41) is 0. The Labute approximate surface area is 172 Å². The first kappa shape index (κ1) is 25.2. The summed E-state index contributed by atoms with van der Waals surface area (Å²) in [7, 11) is -16.8. The van der Waals surface area contributed by atoms with E-state index in [0.29, 0.717) is 0 Å². The third-order valence-corrected chi connectivity index (χ3v) is 7.51. The molecule has 0 bridgehead atoms. The van der Waals surface area contributed by atoms with Crippen molar-refractivity contribution in [3.05, 3.63) is 26.9 Å². The summed E-state index contributed by atoms with van der Waals surface area (Å²) < 4.78 is 65.4. The van der Waals surface area contributed by atoms with E-state index in [1.165, 1.54) is 0 Å². The van der Waals surface area contributed by atoms with Gasteiger partial charge in [0.1, 0.15) is 17.5 Å². The lowest BCUT2D eigenvalue weighted by Crippen LogP contribution is -2.32. The van der Waals surface area contributed by atoms with Crippen LogP contribution in [0.1, 0.15) is 24.6 Å². The third kappa shape index (κ3) is 7.00. The fraction of sp³-hybridized carbons (Fsp3) is 0.455. The number of aromatic nitrogens is 2. The summed E-state index contributed by atoms with van der Waals surface area (Å²) in [4.78, 5) is 49.6. The van der Waals surface area contributed by atoms with Crippen molar-refractivity contribution in [3.63, 3.8) is 0 Å². The van der Waals surface area contributed by atoms with Crippen LogP contribution in [0.5, 0.6) is 0 Å². The molecule has 0 spiro atoms. The second-order valence-electron chi connectivity index (χ2n) is 5.71. The Hall–Kier alpha value is -1.04. The Morgan fingerprint density at radius 1 is 1.33 bits per heavy atom. The lowest BCUT2D eigenvalue weighted by molar-refractivity contribution is -0.175. The maximum Gasteiger partial charge on any atom is 0.490 e. The molecule has 4 atom stereocenters. The average Bonchev–Trinajstić information content (AvgIpc) is 2.93. The molecule has 1 saturated heterocycles. The summed E-state index contributed by atoms with van der Waals surface area (Å²) in [5.41, 5.74) is -0.640. The second kappa shape index (κ2) is 8.84. The number of H-pyrrole nitrogens is 1. The van der Waals surface area contributed by atoms with Gasteiger partial charge in [-0.2, -0.15) is 8.62 Å². The van der Waals surface area contributed by atoms with Gasteiger partial charge in [-0.05, 0) is 6.42 Å². The van der Waals surface area contributed by atoms with E-state index in [0.717, 1.165) is 10.8 Å². The zero-order valence-electron chi connectivity index (χ0n) is 14.5. The first-order chi connectivity index (χ1) is 13.5. The number of aromatic amines is 1. The molecule has 0 saturated carbocycles. The van der Waals surface area contributed by atoms with Crippen molar-refractivity contribution in [2.75, 3.05) is 6.61 Å². The SMILES string of the molecule is C#Cc1cn([C@H]2CC[C@@](F)(COP(=O)(O)OP(=O)(O)OP(=O)(O)O)O2)c(=O)[nH]c1=S. The molecular weight excluding hydrogens is 496 g/mol. The number of alkyl halides is 1. The molecule has 0 radical (unpaired) electrons. The number of nitrogens with zero attached hydrogens (tertiary/aromatic N) is 1. The van der Waals surface area contributed by atoms with Gasteiger partial charge >= 0.3 is 29.2 Å². The molecule has 2 rings (SSSR count). The molecule has 1 aromatic rings. The van der Waals surface area contributed by atoms with E-state index < -0.39 is 54.3 Å². The number of rotatable bonds is 8. The first-order valence-electron chi connectivity index (χ1n) is 7.52. The zero-order valence-corrected chi connectivity index (χ0v) is 18.0. The largest absolute Gasteiger partial charge is 0.490 e. The molecule has 1 aliphatic heterocycles. The molecule has 168 valence electrons. The summed E-state index contributed by atoms with van der Waals surface area (Å²) in [6.07, 6.45) is 4.64. The molecule has 0 amide bonds.